The van der Waals surface area contributed by atoms with Crippen LogP contribution in [0.5, 0.6) is 11.5 Å². The van der Waals surface area contributed by atoms with E-state index in [1.165, 1.54) is 19.3 Å². The smallest absolute Gasteiger partial charge is 0.266 e. The molecule has 0 radical (unpaired) electrons. The normalized spacial score (nSPS) is 10.5. The van der Waals surface area contributed by atoms with Crippen molar-refractivity contribution in [2.75, 3.05) is 19.0 Å². The highest BCUT2D eigenvalue weighted by Crippen LogP contribution is 2.29. The zero-order chi connectivity index (χ0) is 19.8. The van der Waals surface area contributed by atoms with Crippen LogP contribution in [0.15, 0.2) is 46.4 Å². The Balaban J connectivity index is 2.25. The average molecular weight is 447 g/mol. The molecule has 2 aromatic rings. The Bertz CT molecular complexity index is 977. The molecule has 0 spiro atoms. The molecule has 0 atom stereocenters. The van der Waals surface area contributed by atoms with E-state index < -0.39 is 5.91 Å². The van der Waals surface area contributed by atoms with Gasteiger partial charge in [-0.1, -0.05) is 17.7 Å². The Morgan fingerprint density at radius 2 is 2.00 bits per heavy atom. The fourth-order valence-corrected chi connectivity index (χ4v) is 2.80. The Morgan fingerprint density at radius 3 is 2.63 bits per heavy atom. The summed E-state index contributed by atoms with van der Waals surface area (Å²) in [5.41, 5.74) is 0.864. The van der Waals surface area contributed by atoms with Crippen LogP contribution in [0.3, 0.4) is 0 Å². The quantitative estimate of drug-likeness (QED) is 0.518. The van der Waals surface area contributed by atoms with Crippen LogP contribution in [0.25, 0.3) is 6.08 Å². The monoisotopic (exact) mass is 445 g/mol. The van der Waals surface area contributed by atoms with E-state index in [4.69, 9.17) is 26.3 Å². The molecule has 0 aliphatic rings. The van der Waals surface area contributed by atoms with Crippen molar-refractivity contribution >= 4 is 45.2 Å². The minimum atomic E-state index is -0.598. The molecule has 0 saturated carbocycles. The first-order valence-electron chi connectivity index (χ1n) is 7.54. The van der Waals surface area contributed by atoms with Gasteiger partial charge in [-0.3, -0.25) is 4.79 Å². The van der Waals surface area contributed by atoms with Gasteiger partial charge in [0.05, 0.1) is 17.3 Å². The molecule has 0 aliphatic carbocycles. The molecule has 2 rings (SSSR count). The van der Waals surface area contributed by atoms with Crippen LogP contribution in [-0.4, -0.2) is 19.6 Å². The Labute approximate surface area is 169 Å². The molecule has 6 nitrogen and oxygen atoms in total. The van der Waals surface area contributed by atoms with Crippen molar-refractivity contribution in [1.29, 1.82) is 10.5 Å². The molecule has 1 amide bonds. The maximum atomic E-state index is 12.4. The topological polar surface area (TPSA) is 95.1 Å². The molecule has 136 valence electrons. The zero-order valence-corrected chi connectivity index (χ0v) is 16.5. The van der Waals surface area contributed by atoms with Crippen LogP contribution in [0.1, 0.15) is 5.56 Å². The Kier molecular flexibility index (Phi) is 7.25. The van der Waals surface area contributed by atoms with Gasteiger partial charge in [0, 0.05) is 5.02 Å². The molecule has 0 saturated heterocycles. The van der Waals surface area contributed by atoms with Gasteiger partial charge in [0.25, 0.3) is 5.91 Å². The van der Waals surface area contributed by atoms with Gasteiger partial charge in [0.1, 0.15) is 29.2 Å². The van der Waals surface area contributed by atoms with Crippen molar-refractivity contribution in [2.24, 2.45) is 0 Å². The van der Waals surface area contributed by atoms with E-state index in [-0.39, 0.29) is 12.2 Å². The highest BCUT2D eigenvalue weighted by molar-refractivity contribution is 9.10. The van der Waals surface area contributed by atoms with E-state index in [1.54, 1.807) is 30.3 Å². The number of hydrogen-bond donors (Lipinski definition) is 1. The van der Waals surface area contributed by atoms with Gasteiger partial charge < -0.3 is 14.8 Å². The molecule has 2 aromatic carbocycles. The average Bonchev–Trinajstić information content (AvgIpc) is 2.65. The number of halogens is 2. The highest BCUT2D eigenvalue weighted by atomic mass is 79.9. The number of ether oxygens (including phenoxy) is 2. The van der Waals surface area contributed by atoms with E-state index in [2.05, 4.69) is 21.2 Å². The first-order chi connectivity index (χ1) is 13.0. The second-order valence-electron chi connectivity index (χ2n) is 5.11. The summed E-state index contributed by atoms with van der Waals surface area (Å²) in [5, 5.41) is 20.9. The standard InChI is InChI=1S/C19H13BrClN3O3/c1-26-18-5-3-14(21)10-16(18)24-19(25)13(11-23)8-12-2-4-17(15(20)9-12)27-7-6-22/h2-5,8-10H,7H2,1H3,(H,24,25)/b13-8+. The minimum absolute atomic E-state index is 0.0822. The highest BCUT2D eigenvalue weighted by Gasteiger charge is 2.13. The van der Waals surface area contributed by atoms with Crippen LogP contribution in [0.4, 0.5) is 5.69 Å². The van der Waals surface area contributed by atoms with E-state index in [0.29, 0.717) is 32.2 Å². The van der Waals surface area contributed by atoms with Gasteiger partial charge in [-0.25, -0.2) is 0 Å². The van der Waals surface area contributed by atoms with Crippen molar-refractivity contribution in [3.05, 3.63) is 57.0 Å². The lowest BCUT2D eigenvalue weighted by Gasteiger charge is -2.10. The fraction of sp³-hybridized carbons (Fsp3) is 0.105. The van der Waals surface area contributed by atoms with E-state index >= 15 is 0 Å². The summed E-state index contributed by atoms with van der Waals surface area (Å²) in [5.74, 6) is 0.311. The summed E-state index contributed by atoms with van der Waals surface area (Å²) in [6.45, 7) is -0.0822. The maximum Gasteiger partial charge on any atom is 0.266 e. The molecule has 0 heterocycles. The number of nitrogens with one attached hydrogen (secondary N) is 1. The summed E-state index contributed by atoms with van der Waals surface area (Å²) < 4.78 is 11.0. The number of hydrogen-bond acceptors (Lipinski definition) is 5. The van der Waals surface area contributed by atoms with Gasteiger partial charge in [0.2, 0.25) is 0 Å². The minimum Gasteiger partial charge on any atom is -0.495 e. The molecule has 27 heavy (non-hydrogen) atoms. The summed E-state index contributed by atoms with van der Waals surface area (Å²) in [6.07, 6.45) is 1.44. The maximum absolute atomic E-state index is 12.4. The third-order valence-corrected chi connectivity index (χ3v) is 4.19. The first-order valence-corrected chi connectivity index (χ1v) is 8.71. The first kappa shape index (κ1) is 20.3. The number of amides is 1. The number of methoxy groups -OCH3 is 1. The number of carbonyl (C=O) groups excluding carboxylic acids is 1. The molecular formula is C19H13BrClN3O3. The van der Waals surface area contributed by atoms with Crippen LogP contribution in [-0.2, 0) is 4.79 Å². The summed E-state index contributed by atoms with van der Waals surface area (Å²) in [4.78, 5) is 12.4. The molecule has 0 unspecified atom stereocenters. The van der Waals surface area contributed by atoms with Gasteiger partial charge >= 0.3 is 0 Å². The number of rotatable bonds is 6. The second-order valence-corrected chi connectivity index (χ2v) is 6.40. The van der Waals surface area contributed by atoms with Crippen LogP contribution in [0, 0.1) is 22.7 Å². The third-order valence-electron chi connectivity index (χ3n) is 3.33. The molecule has 0 bridgehead atoms. The molecule has 8 heteroatoms. The van der Waals surface area contributed by atoms with Crippen LogP contribution >= 0.6 is 27.5 Å². The number of carbonyl (C=O) groups is 1. The van der Waals surface area contributed by atoms with Gasteiger partial charge in [-0.15, -0.1) is 0 Å². The SMILES string of the molecule is COc1ccc(Cl)cc1NC(=O)/C(C#N)=C/c1ccc(OCC#N)c(Br)c1. The van der Waals surface area contributed by atoms with Crippen LogP contribution in [0.2, 0.25) is 5.02 Å². The summed E-state index contributed by atoms with van der Waals surface area (Å²) in [6, 6.07) is 13.5. The van der Waals surface area contributed by atoms with E-state index in [9.17, 15) is 10.1 Å². The summed E-state index contributed by atoms with van der Waals surface area (Å²) in [7, 11) is 1.47. The second kappa shape index (κ2) is 9.63. The third kappa shape index (κ3) is 5.49. The molecular weight excluding hydrogens is 434 g/mol. The van der Waals surface area contributed by atoms with E-state index in [1.807, 2.05) is 12.1 Å². The number of nitrogens with zero attached hydrogens (tertiary/aromatic N) is 2. The van der Waals surface area contributed by atoms with Crippen molar-refractivity contribution in [3.8, 4) is 23.6 Å². The van der Waals surface area contributed by atoms with Crippen LogP contribution < -0.4 is 14.8 Å². The predicted octanol–water partition coefficient (Wildman–Crippen LogP) is 4.56. The fourth-order valence-electron chi connectivity index (χ4n) is 2.12. The predicted molar refractivity (Wildman–Crippen MR) is 105 cm³/mol. The van der Waals surface area contributed by atoms with Crippen molar-refractivity contribution in [2.45, 2.75) is 0 Å². The van der Waals surface area contributed by atoms with Crippen molar-refractivity contribution in [3.63, 3.8) is 0 Å². The molecule has 0 aromatic heterocycles. The van der Waals surface area contributed by atoms with Gasteiger partial charge in [-0.2, -0.15) is 10.5 Å². The lowest BCUT2D eigenvalue weighted by molar-refractivity contribution is -0.112. The molecule has 1 N–H and O–H groups in total. The lowest BCUT2D eigenvalue weighted by atomic mass is 10.1. The number of anilines is 1. The summed E-state index contributed by atoms with van der Waals surface area (Å²) >= 11 is 9.27. The Morgan fingerprint density at radius 1 is 1.26 bits per heavy atom. The molecule has 0 aliphatic heterocycles. The van der Waals surface area contributed by atoms with Gasteiger partial charge in [0.15, 0.2) is 6.61 Å². The number of benzene rings is 2. The zero-order valence-electron chi connectivity index (χ0n) is 14.1. The van der Waals surface area contributed by atoms with Gasteiger partial charge in [-0.05, 0) is 57.9 Å². The van der Waals surface area contributed by atoms with Crippen molar-refractivity contribution < 1.29 is 14.3 Å². The molecule has 0 fully saturated rings. The number of nitriles is 2. The van der Waals surface area contributed by atoms with E-state index in [0.717, 1.165) is 0 Å². The lowest BCUT2D eigenvalue weighted by Crippen LogP contribution is -2.14. The largest absolute Gasteiger partial charge is 0.495 e. The van der Waals surface area contributed by atoms with Crippen molar-refractivity contribution in [1.82, 2.24) is 0 Å². The Hall–Kier alpha value is -3.00.